The van der Waals surface area contributed by atoms with Gasteiger partial charge in [-0.3, -0.25) is 4.79 Å². The molecule has 0 saturated carbocycles. The Morgan fingerprint density at radius 3 is 2.03 bits per heavy atom. The van der Waals surface area contributed by atoms with Gasteiger partial charge >= 0.3 is 0 Å². The first-order valence-electron chi connectivity index (χ1n) is 13.4. The Balaban J connectivity index is 0.00000260. The van der Waals surface area contributed by atoms with Gasteiger partial charge in [0.1, 0.15) is 33.7 Å². The van der Waals surface area contributed by atoms with Gasteiger partial charge < -0.3 is 28.8 Å². The van der Waals surface area contributed by atoms with Crippen molar-refractivity contribution < 1.29 is 28.8 Å². The molecule has 0 unspecified atom stereocenters. The number of methoxy groups -OCH3 is 2. The summed E-state index contributed by atoms with van der Waals surface area (Å²) in [7, 11) is 3.08. The summed E-state index contributed by atoms with van der Waals surface area (Å²) in [6, 6.07) is 3.02. The molecule has 2 aromatic carbocycles. The molecule has 39 heavy (non-hydrogen) atoms. The van der Waals surface area contributed by atoms with E-state index in [9.17, 15) is 15.0 Å². The van der Waals surface area contributed by atoms with Crippen LogP contribution in [0.25, 0.3) is 21.9 Å². The van der Waals surface area contributed by atoms with Gasteiger partial charge in [-0.05, 0) is 54.4 Å². The van der Waals surface area contributed by atoms with E-state index in [4.69, 9.17) is 18.6 Å². The maximum Gasteiger partial charge on any atom is 0.204 e. The first kappa shape index (κ1) is 31.8. The van der Waals surface area contributed by atoms with Crippen molar-refractivity contribution in [3.63, 3.8) is 0 Å². The van der Waals surface area contributed by atoms with Crippen molar-refractivity contribution in [1.82, 2.24) is 0 Å². The molecule has 0 aliphatic heterocycles. The van der Waals surface area contributed by atoms with Gasteiger partial charge in [-0.25, -0.2) is 0 Å². The molecule has 0 aliphatic carbocycles. The van der Waals surface area contributed by atoms with E-state index in [0.717, 1.165) is 11.1 Å². The number of allylic oxidation sites excluding steroid dienone is 4. The molecule has 0 spiro atoms. The van der Waals surface area contributed by atoms with Crippen molar-refractivity contribution in [2.45, 2.75) is 80.3 Å². The third-order valence-electron chi connectivity index (χ3n) is 6.25. The van der Waals surface area contributed by atoms with Gasteiger partial charge in [0.25, 0.3) is 0 Å². The van der Waals surface area contributed by atoms with Gasteiger partial charge in [0.05, 0.1) is 12.5 Å². The van der Waals surface area contributed by atoms with Crippen LogP contribution in [0.5, 0.6) is 23.0 Å². The zero-order chi connectivity index (χ0) is 29.5. The molecule has 7 heteroatoms. The molecule has 7 nitrogen and oxygen atoms in total. The van der Waals surface area contributed by atoms with Crippen LogP contribution in [-0.2, 0) is 17.6 Å². The summed E-state index contributed by atoms with van der Waals surface area (Å²) in [6.45, 7) is 16.2. The highest BCUT2D eigenvalue weighted by molar-refractivity contribution is 5.97. The average molecular weight is 541 g/mol. The van der Waals surface area contributed by atoms with Crippen LogP contribution < -0.4 is 14.9 Å². The summed E-state index contributed by atoms with van der Waals surface area (Å²) in [6.07, 6.45) is 5.26. The van der Waals surface area contributed by atoms with Gasteiger partial charge in [-0.2, -0.15) is 0 Å². The summed E-state index contributed by atoms with van der Waals surface area (Å²) in [5, 5.41) is 22.4. The highest BCUT2D eigenvalue weighted by Gasteiger charge is 2.26. The zero-order valence-corrected chi connectivity index (χ0v) is 25.1. The molecule has 2 N–H and O–H groups in total. The molecule has 0 saturated heterocycles. The molecule has 1 aromatic heterocycles. The second-order valence-electron chi connectivity index (χ2n) is 10.4. The Morgan fingerprint density at radius 2 is 1.49 bits per heavy atom. The Kier molecular flexibility index (Phi) is 11.0. The fourth-order valence-corrected chi connectivity index (χ4v) is 4.23. The average Bonchev–Trinajstić information content (AvgIpc) is 2.86. The molecule has 3 rings (SSSR count). The fraction of sp³-hybridized carbons (Fsp3) is 0.469. The summed E-state index contributed by atoms with van der Waals surface area (Å²) in [4.78, 5) is 13.9. The normalized spacial score (nSPS) is 11.1. The van der Waals surface area contributed by atoms with Crippen LogP contribution in [0, 0.1) is 0 Å². The third-order valence-corrected chi connectivity index (χ3v) is 6.25. The summed E-state index contributed by atoms with van der Waals surface area (Å²) in [5.41, 5.74) is 2.50. The van der Waals surface area contributed by atoms with E-state index in [0.29, 0.717) is 42.7 Å². The smallest absolute Gasteiger partial charge is 0.204 e. The molecule has 0 atom stereocenters. The van der Waals surface area contributed by atoms with E-state index in [1.165, 1.54) is 13.2 Å². The Labute approximate surface area is 231 Å². The minimum atomic E-state index is -0.601. The standard InChI is InChI=1S/C30H38O7.C2H6/c1-17(2)9-11-19-22(37-30(5,6)13-14-34-7)16-24-26(27(19)32)28(33)25-20(12-10-18(3)4)29(35-8)21(31)15-23(25)36-24;1-2/h9-10,15-16,31-32H,11-14H2,1-8H3;1-2H3. The second-order valence-corrected chi connectivity index (χ2v) is 10.4. The Hall–Kier alpha value is -3.45. The number of ether oxygens (including phenoxy) is 3. The molecule has 1 heterocycles. The van der Waals surface area contributed by atoms with Gasteiger partial charge in [0, 0.05) is 43.4 Å². The van der Waals surface area contributed by atoms with Crippen LogP contribution >= 0.6 is 0 Å². The van der Waals surface area contributed by atoms with E-state index < -0.39 is 11.0 Å². The highest BCUT2D eigenvalue weighted by Crippen LogP contribution is 2.42. The van der Waals surface area contributed by atoms with E-state index >= 15 is 0 Å². The van der Waals surface area contributed by atoms with E-state index in [-0.39, 0.29) is 39.2 Å². The predicted molar refractivity (Wildman–Crippen MR) is 159 cm³/mol. The quantitative estimate of drug-likeness (QED) is 0.202. The number of phenolic OH excluding ortho intramolecular Hbond substituents is 2. The summed E-state index contributed by atoms with van der Waals surface area (Å²) >= 11 is 0. The molecular formula is C32H44O7. The molecule has 0 amide bonds. The SMILES string of the molecule is CC.COCCC(C)(C)Oc1cc2oc3cc(O)c(OC)c(CC=C(C)C)c3c(=O)c2c(O)c1CC=C(C)C. The lowest BCUT2D eigenvalue weighted by atomic mass is 9.98. The minimum absolute atomic E-state index is 0.0675. The topological polar surface area (TPSA) is 98.4 Å². The Bertz CT molecular complexity index is 1420. The van der Waals surface area contributed by atoms with Crippen LogP contribution in [0.2, 0.25) is 0 Å². The molecule has 0 bridgehead atoms. The van der Waals surface area contributed by atoms with E-state index in [1.807, 2.05) is 67.5 Å². The maximum absolute atomic E-state index is 13.9. The summed E-state index contributed by atoms with van der Waals surface area (Å²) < 4.78 is 23.2. The van der Waals surface area contributed by atoms with Crippen molar-refractivity contribution in [2.24, 2.45) is 0 Å². The Morgan fingerprint density at radius 1 is 0.923 bits per heavy atom. The van der Waals surface area contributed by atoms with Crippen molar-refractivity contribution in [1.29, 1.82) is 0 Å². The van der Waals surface area contributed by atoms with Crippen molar-refractivity contribution in [2.75, 3.05) is 20.8 Å². The number of rotatable bonds is 10. The molecule has 214 valence electrons. The maximum atomic E-state index is 13.9. The highest BCUT2D eigenvalue weighted by atomic mass is 16.5. The van der Waals surface area contributed by atoms with Crippen LogP contribution in [0.15, 0.2) is 44.6 Å². The largest absolute Gasteiger partial charge is 0.507 e. The molecule has 0 aliphatic rings. The molecular weight excluding hydrogens is 496 g/mol. The predicted octanol–water partition coefficient (Wildman–Crippen LogP) is 7.60. The van der Waals surface area contributed by atoms with Gasteiger partial charge in [0.2, 0.25) is 5.43 Å². The number of hydrogen-bond acceptors (Lipinski definition) is 7. The third kappa shape index (κ3) is 7.35. The van der Waals surface area contributed by atoms with E-state index in [2.05, 4.69) is 0 Å². The van der Waals surface area contributed by atoms with Crippen LogP contribution in [0.4, 0.5) is 0 Å². The van der Waals surface area contributed by atoms with Gasteiger partial charge in [-0.15, -0.1) is 0 Å². The van der Waals surface area contributed by atoms with Gasteiger partial charge in [-0.1, -0.05) is 37.1 Å². The first-order chi connectivity index (χ1) is 18.4. The monoisotopic (exact) mass is 540 g/mol. The van der Waals surface area contributed by atoms with Crippen LogP contribution in [0.3, 0.4) is 0 Å². The van der Waals surface area contributed by atoms with Gasteiger partial charge in [0.15, 0.2) is 11.5 Å². The zero-order valence-electron chi connectivity index (χ0n) is 25.1. The fourth-order valence-electron chi connectivity index (χ4n) is 4.23. The summed E-state index contributed by atoms with van der Waals surface area (Å²) in [5.74, 6) is 0.328. The lowest BCUT2D eigenvalue weighted by Crippen LogP contribution is -2.30. The van der Waals surface area contributed by atoms with E-state index in [1.54, 1.807) is 13.2 Å². The van der Waals surface area contributed by atoms with Crippen LogP contribution in [0.1, 0.15) is 72.9 Å². The molecule has 0 radical (unpaired) electrons. The number of fused-ring (bicyclic) bond motifs is 2. The van der Waals surface area contributed by atoms with Crippen molar-refractivity contribution in [3.05, 3.63) is 56.8 Å². The number of phenols is 2. The van der Waals surface area contributed by atoms with Crippen LogP contribution in [-0.4, -0.2) is 36.6 Å². The second kappa shape index (κ2) is 13.6. The van der Waals surface area contributed by atoms with Crippen molar-refractivity contribution in [3.8, 4) is 23.0 Å². The van der Waals surface area contributed by atoms with Crippen molar-refractivity contribution >= 4 is 21.9 Å². The molecule has 0 fully saturated rings. The molecule has 3 aromatic rings. The number of benzene rings is 2. The first-order valence-corrected chi connectivity index (χ1v) is 13.4. The minimum Gasteiger partial charge on any atom is -0.507 e. The lowest BCUT2D eigenvalue weighted by Gasteiger charge is -2.28. The number of hydrogen-bond donors (Lipinski definition) is 2. The number of aromatic hydroxyl groups is 2. The lowest BCUT2D eigenvalue weighted by molar-refractivity contribution is 0.0621.